The molecule has 184 valence electrons. The van der Waals surface area contributed by atoms with Gasteiger partial charge in [0.15, 0.2) is 0 Å². The van der Waals surface area contributed by atoms with Crippen molar-refractivity contribution in [2.24, 2.45) is 0 Å². The molecule has 9 heteroatoms. The molecule has 1 aromatic heterocycles. The number of hydrogen-bond donors (Lipinski definition) is 1. The summed E-state index contributed by atoms with van der Waals surface area (Å²) in [5.74, 6) is -1.05. The molecule has 2 aliphatic rings. The summed E-state index contributed by atoms with van der Waals surface area (Å²) in [5.41, 5.74) is 0.905. The number of benzene rings is 1. The molecule has 0 spiro atoms. The van der Waals surface area contributed by atoms with Gasteiger partial charge >= 0.3 is 6.09 Å². The molecule has 2 aromatic rings. The molecule has 2 aliphatic heterocycles. The summed E-state index contributed by atoms with van der Waals surface area (Å²) >= 11 is 0. The highest BCUT2D eigenvalue weighted by molar-refractivity contribution is 6.46. The molecule has 1 aromatic carbocycles. The molecule has 1 unspecified atom stereocenters. The minimum absolute atomic E-state index is 0.00526. The number of piperidine rings is 1. The smallest absolute Gasteiger partial charge is 0.409 e. The van der Waals surface area contributed by atoms with Crippen LogP contribution in [-0.4, -0.2) is 70.0 Å². The Bertz CT molecular complexity index is 1110. The van der Waals surface area contributed by atoms with Crippen molar-refractivity contribution >= 4 is 23.5 Å². The number of aliphatic hydroxyl groups is 1. The Morgan fingerprint density at radius 2 is 1.77 bits per heavy atom. The van der Waals surface area contributed by atoms with Crippen molar-refractivity contribution in [1.29, 1.82) is 0 Å². The van der Waals surface area contributed by atoms with Gasteiger partial charge in [0.25, 0.3) is 11.7 Å². The number of pyridine rings is 1. The maximum atomic E-state index is 13.3. The fourth-order valence-corrected chi connectivity index (χ4v) is 4.63. The Hall–Kier alpha value is -3.88. The number of ether oxygens (including phenoxy) is 2. The first-order chi connectivity index (χ1) is 17.0. The van der Waals surface area contributed by atoms with Gasteiger partial charge in [-0.15, -0.1) is 0 Å². The van der Waals surface area contributed by atoms with Gasteiger partial charge in [0.05, 0.1) is 24.5 Å². The van der Waals surface area contributed by atoms with E-state index in [1.807, 2.05) is 6.92 Å². The van der Waals surface area contributed by atoms with Crippen LogP contribution in [0.25, 0.3) is 5.76 Å². The van der Waals surface area contributed by atoms with Crippen LogP contribution in [0.1, 0.15) is 44.0 Å². The quantitative estimate of drug-likeness (QED) is 0.384. The molecule has 0 aliphatic carbocycles. The van der Waals surface area contributed by atoms with E-state index in [2.05, 4.69) is 4.98 Å². The summed E-state index contributed by atoms with van der Waals surface area (Å²) in [6, 6.07) is 10.9. The topological polar surface area (TPSA) is 109 Å². The molecular formula is C26H29N3O6. The van der Waals surface area contributed by atoms with Gasteiger partial charge in [0.1, 0.15) is 17.6 Å². The number of aliphatic hydroxyl groups excluding tert-OH is 1. The first-order valence-corrected chi connectivity index (χ1v) is 11.8. The Morgan fingerprint density at radius 3 is 2.37 bits per heavy atom. The molecule has 3 heterocycles. The van der Waals surface area contributed by atoms with E-state index in [4.69, 9.17) is 9.47 Å². The van der Waals surface area contributed by atoms with Crippen LogP contribution in [0.4, 0.5) is 4.79 Å². The van der Waals surface area contributed by atoms with Crippen LogP contribution in [0.5, 0.6) is 5.75 Å². The molecular weight excluding hydrogens is 450 g/mol. The number of amides is 2. The van der Waals surface area contributed by atoms with E-state index in [0.29, 0.717) is 56.2 Å². The Morgan fingerprint density at radius 1 is 1.06 bits per heavy atom. The lowest BCUT2D eigenvalue weighted by atomic mass is 9.96. The number of carbonyl (C=O) groups excluding carboxylic acids is 3. The third-order valence-corrected chi connectivity index (χ3v) is 6.27. The number of aromatic nitrogens is 1. The van der Waals surface area contributed by atoms with Gasteiger partial charge in [0, 0.05) is 30.9 Å². The van der Waals surface area contributed by atoms with Gasteiger partial charge in [0.2, 0.25) is 0 Å². The predicted octanol–water partition coefficient (Wildman–Crippen LogP) is 3.52. The maximum absolute atomic E-state index is 13.3. The van der Waals surface area contributed by atoms with Gasteiger partial charge in [-0.25, -0.2) is 4.79 Å². The van der Waals surface area contributed by atoms with Gasteiger partial charge in [-0.2, -0.15) is 0 Å². The minimum Gasteiger partial charge on any atom is -0.507 e. The molecule has 1 atom stereocenters. The van der Waals surface area contributed by atoms with Gasteiger partial charge < -0.3 is 24.4 Å². The monoisotopic (exact) mass is 479 g/mol. The van der Waals surface area contributed by atoms with Crippen molar-refractivity contribution in [3.05, 3.63) is 65.5 Å². The second-order valence-electron chi connectivity index (χ2n) is 8.34. The molecule has 2 amide bonds. The van der Waals surface area contributed by atoms with Crippen LogP contribution >= 0.6 is 0 Å². The SMILES string of the molecule is CCOC(=O)N1CCC(N2C(=O)C(=O)/C(=C(/O)c3ccc(OCC)cc3)C2c2ccccn2)CC1. The molecule has 35 heavy (non-hydrogen) atoms. The van der Waals surface area contributed by atoms with E-state index in [1.54, 1.807) is 60.5 Å². The van der Waals surface area contributed by atoms with Gasteiger partial charge in [-0.3, -0.25) is 14.6 Å². The first-order valence-electron chi connectivity index (χ1n) is 11.8. The molecule has 2 fully saturated rings. The maximum Gasteiger partial charge on any atom is 0.409 e. The van der Waals surface area contributed by atoms with Crippen molar-refractivity contribution in [3.63, 3.8) is 0 Å². The number of carbonyl (C=O) groups is 3. The minimum atomic E-state index is -0.832. The molecule has 9 nitrogen and oxygen atoms in total. The van der Waals surface area contributed by atoms with Crippen molar-refractivity contribution in [2.45, 2.75) is 38.8 Å². The highest BCUT2D eigenvalue weighted by atomic mass is 16.6. The number of ketones is 1. The average molecular weight is 480 g/mol. The number of likely N-dealkylation sites (tertiary alicyclic amines) is 2. The van der Waals surface area contributed by atoms with E-state index in [-0.39, 0.29) is 23.5 Å². The molecule has 1 N–H and O–H groups in total. The van der Waals surface area contributed by atoms with E-state index in [9.17, 15) is 19.5 Å². The second-order valence-corrected chi connectivity index (χ2v) is 8.34. The zero-order chi connectivity index (χ0) is 24.9. The zero-order valence-corrected chi connectivity index (χ0v) is 19.8. The zero-order valence-electron chi connectivity index (χ0n) is 19.8. The summed E-state index contributed by atoms with van der Waals surface area (Å²) < 4.78 is 10.5. The molecule has 0 bridgehead atoms. The first kappa shape index (κ1) is 24.3. The van der Waals surface area contributed by atoms with Crippen LogP contribution in [0, 0.1) is 0 Å². The lowest BCUT2D eigenvalue weighted by Crippen LogP contribution is -2.48. The summed E-state index contributed by atoms with van der Waals surface area (Å²) in [5, 5.41) is 11.2. The predicted molar refractivity (Wildman–Crippen MR) is 128 cm³/mol. The molecule has 2 saturated heterocycles. The molecule has 0 radical (unpaired) electrons. The van der Waals surface area contributed by atoms with Crippen molar-refractivity contribution in [2.75, 3.05) is 26.3 Å². The second kappa shape index (κ2) is 10.6. The number of hydrogen-bond acceptors (Lipinski definition) is 7. The Balaban J connectivity index is 1.69. The van der Waals surface area contributed by atoms with Crippen LogP contribution in [-0.2, 0) is 14.3 Å². The third kappa shape index (κ3) is 4.84. The highest BCUT2D eigenvalue weighted by Gasteiger charge is 2.50. The fraction of sp³-hybridized carbons (Fsp3) is 0.385. The number of Topliss-reactive ketones (excluding diaryl/α,β-unsaturated/α-hetero) is 1. The summed E-state index contributed by atoms with van der Waals surface area (Å²) in [6.07, 6.45) is 2.18. The third-order valence-electron chi connectivity index (χ3n) is 6.27. The standard InChI is InChI=1S/C26H29N3O6/c1-3-34-19-10-8-17(9-11-19)23(30)21-22(20-7-5-6-14-27-20)29(25(32)24(21)31)18-12-15-28(16-13-18)26(33)35-4-2/h5-11,14,18,22,30H,3-4,12-13,15-16H2,1-2H3/b23-21+. The Kier molecular flexibility index (Phi) is 7.33. The van der Waals surface area contributed by atoms with E-state index < -0.39 is 17.7 Å². The Labute approximate surface area is 204 Å². The van der Waals surface area contributed by atoms with Crippen molar-refractivity contribution in [1.82, 2.24) is 14.8 Å². The van der Waals surface area contributed by atoms with Crippen LogP contribution < -0.4 is 4.74 Å². The van der Waals surface area contributed by atoms with Crippen LogP contribution in [0.15, 0.2) is 54.2 Å². The van der Waals surface area contributed by atoms with E-state index >= 15 is 0 Å². The number of rotatable bonds is 6. The average Bonchev–Trinajstić information content (AvgIpc) is 3.15. The van der Waals surface area contributed by atoms with Crippen molar-refractivity contribution < 1.29 is 29.0 Å². The largest absolute Gasteiger partial charge is 0.507 e. The molecule has 4 rings (SSSR count). The summed E-state index contributed by atoms with van der Waals surface area (Å²) in [7, 11) is 0. The van der Waals surface area contributed by atoms with E-state index in [1.165, 1.54) is 4.90 Å². The van der Waals surface area contributed by atoms with Crippen LogP contribution in [0.3, 0.4) is 0 Å². The summed E-state index contributed by atoms with van der Waals surface area (Å²) in [6.45, 7) is 5.23. The fourth-order valence-electron chi connectivity index (χ4n) is 4.63. The van der Waals surface area contributed by atoms with Crippen LogP contribution in [0.2, 0.25) is 0 Å². The van der Waals surface area contributed by atoms with E-state index in [0.717, 1.165) is 0 Å². The highest BCUT2D eigenvalue weighted by Crippen LogP contribution is 2.41. The van der Waals surface area contributed by atoms with Gasteiger partial charge in [-0.05, 0) is 63.1 Å². The molecule has 0 saturated carbocycles. The van der Waals surface area contributed by atoms with Gasteiger partial charge in [-0.1, -0.05) is 6.07 Å². The van der Waals surface area contributed by atoms with Crippen molar-refractivity contribution in [3.8, 4) is 5.75 Å². The lowest BCUT2D eigenvalue weighted by molar-refractivity contribution is -0.142. The number of nitrogens with zero attached hydrogens (tertiary/aromatic N) is 3. The summed E-state index contributed by atoms with van der Waals surface area (Å²) in [4.78, 5) is 46.1. The lowest BCUT2D eigenvalue weighted by Gasteiger charge is -2.38. The normalized spacial score (nSPS) is 20.2.